The highest BCUT2D eigenvalue weighted by molar-refractivity contribution is 5.15. The maximum atomic E-state index is 2.66. The van der Waals surface area contributed by atoms with Gasteiger partial charge in [-0.25, -0.2) is 0 Å². The molecule has 0 heteroatoms. The fraction of sp³-hybridized carbons (Fsp3) is 0.900. The van der Waals surface area contributed by atoms with Crippen molar-refractivity contribution < 1.29 is 0 Å². The molecule has 20 heavy (non-hydrogen) atoms. The predicted molar refractivity (Wildman–Crippen MR) is 85.5 cm³/mol. The van der Waals surface area contributed by atoms with E-state index in [4.69, 9.17) is 0 Å². The van der Waals surface area contributed by atoms with E-state index in [0.29, 0.717) is 5.41 Å². The van der Waals surface area contributed by atoms with Crippen LogP contribution in [0.15, 0.2) is 11.6 Å². The van der Waals surface area contributed by atoms with Gasteiger partial charge in [-0.05, 0) is 92.8 Å². The quantitative estimate of drug-likeness (QED) is 0.476. The lowest BCUT2D eigenvalue weighted by atomic mass is 9.46. The highest BCUT2D eigenvalue weighted by Crippen LogP contribution is 2.65. The smallest absolute Gasteiger partial charge is 0.0229 e. The zero-order valence-electron chi connectivity index (χ0n) is 13.8. The van der Waals surface area contributed by atoms with Gasteiger partial charge in [0.2, 0.25) is 0 Å². The molecule has 3 saturated carbocycles. The van der Waals surface area contributed by atoms with Crippen LogP contribution in [0.5, 0.6) is 0 Å². The highest BCUT2D eigenvalue weighted by atomic mass is 14.6. The van der Waals surface area contributed by atoms with E-state index in [1.807, 2.05) is 0 Å². The standard InChI is InChI=1S/C20H32/c1-14-8-12-20(3)15(13-14)6-7-16-17-5-4-10-19(17,2)11-9-18(16)20/h8,15-18H,4-7,9-13H2,1-3H3/t15?,16?,17?,18?,19-,20-/m1/s1. The second-order valence-corrected chi connectivity index (χ2v) is 9.20. The molecule has 3 fully saturated rings. The summed E-state index contributed by atoms with van der Waals surface area (Å²) in [5, 5.41) is 0. The first-order valence-corrected chi connectivity index (χ1v) is 9.19. The van der Waals surface area contributed by atoms with Gasteiger partial charge in [0, 0.05) is 0 Å². The van der Waals surface area contributed by atoms with Crippen LogP contribution >= 0.6 is 0 Å². The molecule has 4 aliphatic carbocycles. The number of allylic oxidation sites excluding steroid dienone is 2. The Bertz CT molecular complexity index is 433. The predicted octanol–water partition coefficient (Wildman–Crippen LogP) is 5.98. The summed E-state index contributed by atoms with van der Waals surface area (Å²) in [5.41, 5.74) is 3.05. The molecular weight excluding hydrogens is 240 g/mol. The van der Waals surface area contributed by atoms with E-state index in [1.54, 1.807) is 18.4 Å². The van der Waals surface area contributed by atoms with Crippen molar-refractivity contribution in [1.29, 1.82) is 0 Å². The lowest BCUT2D eigenvalue weighted by Gasteiger charge is -2.59. The largest absolute Gasteiger partial charge is 0.0850 e. The van der Waals surface area contributed by atoms with Gasteiger partial charge in [0.25, 0.3) is 0 Å². The normalized spacial score (nSPS) is 54.6. The number of hydrogen-bond donors (Lipinski definition) is 0. The van der Waals surface area contributed by atoms with E-state index < -0.39 is 0 Å². The maximum Gasteiger partial charge on any atom is -0.0229 e. The summed E-state index contributed by atoms with van der Waals surface area (Å²) in [6.07, 6.45) is 16.1. The summed E-state index contributed by atoms with van der Waals surface area (Å²) in [5.74, 6) is 4.19. The Morgan fingerprint density at radius 2 is 1.85 bits per heavy atom. The van der Waals surface area contributed by atoms with E-state index in [1.165, 1.54) is 44.9 Å². The fourth-order valence-electron chi connectivity index (χ4n) is 7.05. The average Bonchev–Trinajstić information content (AvgIpc) is 2.81. The minimum Gasteiger partial charge on any atom is -0.0850 e. The molecule has 0 heterocycles. The SMILES string of the molecule is CC1=CC[C@]2(C)C(CCC3C4CCC[C@]4(C)CCC32)C1. The summed E-state index contributed by atoms with van der Waals surface area (Å²) in [7, 11) is 0. The highest BCUT2D eigenvalue weighted by Gasteiger charge is 2.56. The number of fused-ring (bicyclic) bond motifs is 5. The molecule has 0 saturated heterocycles. The van der Waals surface area contributed by atoms with Crippen LogP contribution in [-0.2, 0) is 0 Å². The van der Waals surface area contributed by atoms with Gasteiger partial charge >= 0.3 is 0 Å². The molecule has 0 bridgehead atoms. The summed E-state index contributed by atoms with van der Waals surface area (Å²) in [6, 6.07) is 0. The van der Waals surface area contributed by atoms with Gasteiger partial charge in [-0.15, -0.1) is 0 Å². The van der Waals surface area contributed by atoms with Crippen molar-refractivity contribution in [3.05, 3.63) is 11.6 Å². The van der Waals surface area contributed by atoms with Crippen molar-refractivity contribution in [2.24, 2.45) is 34.5 Å². The number of hydrogen-bond acceptors (Lipinski definition) is 0. The van der Waals surface area contributed by atoms with Crippen LogP contribution in [0.2, 0.25) is 0 Å². The lowest BCUT2D eigenvalue weighted by Crippen LogP contribution is -2.51. The van der Waals surface area contributed by atoms with Crippen LogP contribution in [0.4, 0.5) is 0 Å². The Morgan fingerprint density at radius 3 is 2.70 bits per heavy atom. The molecule has 0 N–H and O–H groups in total. The second kappa shape index (κ2) is 4.37. The Balaban J connectivity index is 1.66. The molecule has 0 aromatic carbocycles. The van der Waals surface area contributed by atoms with E-state index >= 15 is 0 Å². The van der Waals surface area contributed by atoms with E-state index in [9.17, 15) is 0 Å². The molecule has 0 aromatic heterocycles. The molecular formula is C20H32. The van der Waals surface area contributed by atoms with Gasteiger partial charge in [-0.3, -0.25) is 0 Å². The van der Waals surface area contributed by atoms with Crippen LogP contribution < -0.4 is 0 Å². The zero-order valence-corrected chi connectivity index (χ0v) is 13.8. The first-order chi connectivity index (χ1) is 9.53. The third kappa shape index (κ3) is 1.72. The van der Waals surface area contributed by atoms with Gasteiger partial charge in [-0.1, -0.05) is 31.9 Å². The molecule has 0 nitrogen and oxygen atoms in total. The number of rotatable bonds is 0. The zero-order chi connectivity index (χ0) is 14.0. The first kappa shape index (κ1) is 13.4. The molecule has 6 atom stereocenters. The van der Waals surface area contributed by atoms with Crippen molar-refractivity contribution in [3.63, 3.8) is 0 Å². The maximum absolute atomic E-state index is 2.66. The van der Waals surface area contributed by atoms with Crippen molar-refractivity contribution in [3.8, 4) is 0 Å². The van der Waals surface area contributed by atoms with Gasteiger partial charge in [-0.2, -0.15) is 0 Å². The summed E-state index contributed by atoms with van der Waals surface area (Å²) >= 11 is 0. The van der Waals surface area contributed by atoms with Crippen molar-refractivity contribution in [2.45, 2.75) is 78.6 Å². The average molecular weight is 272 g/mol. The van der Waals surface area contributed by atoms with E-state index in [2.05, 4.69) is 26.8 Å². The molecule has 112 valence electrons. The lowest BCUT2D eigenvalue weighted by molar-refractivity contribution is -0.0880. The van der Waals surface area contributed by atoms with E-state index in [-0.39, 0.29) is 0 Å². The van der Waals surface area contributed by atoms with Crippen LogP contribution in [0, 0.1) is 34.5 Å². The third-order valence-corrected chi connectivity index (χ3v) is 8.31. The Morgan fingerprint density at radius 1 is 1.00 bits per heavy atom. The summed E-state index contributed by atoms with van der Waals surface area (Å²) in [6.45, 7) is 7.65. The Labute approximate surface area is 125 Å². The van der Waals surface area contributed by atoms with E-state index in [0.717, 1.165) is 29.1 Å². The molecule has 4 aliphatic rings. The molecule has 0 spiro atoms. The first-order valence-electron chi connectivity index (χ1n) is 9.19. The van der Waals surface area contributed by atoms with Crippen LogP contribution in [0.25, 0.3) is 0 Å². The van der Waals surface area contributed by atoms with Crippen molar-refractivity contribution >= 4 is 0 Å². The van der Waals surface area contributed by atoms with Crippen molar-refractivity contribution in [2.75, 3.05) is 0 Å². The second-order valence-electron chi connectivity index (χ2n) is 9.20. The van der Waals surface area contributed by atoms with Crippen LogP contribution in [0.3, 0.4) is 0 Å². The van der Waals surface area contributed by atoms with Gasteiger partial charge < -0.3 is 0 Å². The topological polar surface area (TPSA) is 0 Å². The molecule has 0 aliphatic heterocycles. The molecule has 0 amide bonds. The van der Waals surface area contributed by atoms with Gasteiger partial charge in [0.05, 0.1) is 0 Å². The van der Waals surface area contributed by atoms with Gasteiger partial charge in [0.1, 0.15) is 0 Å². The van der Waals surface area contributed by atoms with Crippen LogP contribution in [-0.4, -0.2) is 0 Å². The fourth-order valence-corrected chi connectivity index (χ4v) is 7.05. The molecule has 0 aromatic rings. The molecule has 0 radical (unpaired) electrons. The monoisotopic (exact) mass is 272 g/mol. The molecule has 4 unspecified atom stereocenters. The van der Waals surface area contributed by atoms with Gasteiger partial charge in [0.15, 0.2) is 0 Å². The third-order valence-electron chi connectivity index (χ3n) is 8.31. The Hall–Kier alpha value is -0.260. The Kier molecular flexibility index (Phi) is 2.93. The van der Waals surface area contributed by atoms with Crippen LogP contribution in [0.1, 0.15) is 78.6 Å². The molecule has 4 rings (SSSR count). The minimum absolute atomic E-state index is 0.645. The summed E-state index contributed by atoms with van der Waals surface area (Å²) < 4.78 is 0. The summed E-state index contributed by atoms with van der Waals surface area (Å²) in [4.78, 5) is 0. The minimum atomic E-state index is 0.645. The van der Waals surface area contributed by atoms with Crippen molar-refractivity contribution in [1.82, 2.24) is 0 Å².